The summed E-state index contributed by atoms with van der Waals surface area (Å²) in [4.78, 5) is 27.5. The summed E-state index contributed by atoms with van der Waals surface area (Å²) in [6.45, 7) is 10.4. The third-order valence-electron chi connectivity index (χ3n) is 5.60. The van der Waals surface area contributed by atoms with Gasteiger partial charge >= 0.3 is 0 Å². The molecule has 2 heterocycles. The number of nitrogens with one attached hydrogen (secondary N) is 1. The number of piperidine rings is 1. The monoisotopic (exact) mass is 324 g/mol. The quantitative estimate of drug-likeness (QED) is 0.863. The van der Waals surface area contributed by atoms with Gasteiger partial charge in [-0.05, 0) is 48.3 Å². The second-order valence-electron chi connectivity index (χ2n) is 8.35. The minimum atomic E-state index is -0.419. The second-order valence-corrected chi connectivity index (χ2v) is 8.35. The topological polar surface area (TPSA) is 49.4 Å². The van der Waals surface area contributed by atoms with Gasteiger partial charge in [-0.3, -0.25) is 14.5 Å². The Morgan fingerprint density at radius 3 is 2.54 bits per heavy atom. The molecule has 1 saturated heterocycles. The zero-order chi connectivity index (χ0) is 17.3. The first-order valence-electron chi connectivity index (χ1n) is 8.72. The van der Waals surface area contributed by atoms with Crippen LogP contribution in [0.2, 0.25) is 0 Å². The zero-order valence-electron chi connectivity index (χ0n) is 14.6. The molecule has 0 bridgehead atoms. The molecular weight excluding hydrogens is 300 g/mol. The van der Waals surface area contributed by atoms with Crippen LogP contribution in [-0.2, 0) is 20.4 Å². The first-order valence-corrected chi connectivity index (χ1v) is 8.72. The molecule has 4 rings (SSSR count). The number of benzene rings is 1. The first kappa shape index (κ1) is 15.4. The fraction of sp³-hybridized carbons (Fsp3) is 0.500. The lowest BCUT2D eigenvalue weighted by Gasteiger charge is -2.32. The molecule has 2 amide bonds. The van der Waals surface area contributed by atoms with Crippen LogP contribution in [0.25, 0.3) is 0 Å². The van der Waals surface area contributed by atoms with Crippen LogP contribution in [0.1, 0.15) is 57.6 Å². The van der Waals surface area contributed by atoms with Gasteiger partial charge in [0.05, 0.1) is 5.41 Å². The van der Waals surface area contributed by atoms with Crippen molar-refractivity contribution in [3.05, 3.63) is 41.6 Å². The molecule has 1 aliphatic carbocycles. The minimum absolute atomic E-state index is 0.0274. The Bertz CT molecular complexity index is 768. The Hall–Kier alpha value is -2.10. The van der Waals surface area contributed by atoms with Crippen LogP contribution in [0, 0.1) is 0 Å². The Morgan fingerprint density at radius 2 is 1.96 bits per heavy atom. The van der Waals surface area contributed by atoms with E-state index in [0.717, 1.165) is 30.6 Å². The van der Waals surface area contributed by atoms with Crippen molar-refractivity contribution in [3.63, 3.8) is 0 Å². The van der Waals surface area contributed by atoms with Crippen LogP contribution in [0.5, 0.6) is 0 Å². The lowest BCUT2D eigenvalue weighted by molar-refractivity contribution is -0.127. The maximum Gasteiger partial charge on any atom is 0.247 e. The van der Waals surface area contributed by atoms with Gasteiger partial charge in [0.25, 0.3) is 0 Å². The van der Waals surface area contributed by atoms with Crippen LogP contribution >= 0.6 is 0 Å². The largest absolute Gasteiger partial charge is 0.329 e. The number of allylic oxidation sites excluding steroid dienone is 1. The van der Waals surface area contributed by atoms with Crippen molar-refractivity contribution in [2.24, 2.45) is 0 Å². The summed E-state index contributed by atoms with van der Waals surface area (Å²) < 4.78 is 0. The van der Waals surface area contributed by atoms with Gasteiger partial charge in [-0.2, -0.15) is 0 Å². The van der Waals surface area contributed by atoms with Crippen LogP contribution in [0.3, 0.4) is 0 Å². The molecule has 2 fully saturated rings. The maximum absolute atomic E-state index is 13.3. The van der Waals surface area contributed by atoms with E-state index >= 15 is 0 Å². The van der Waals surface area contributed by atoms with Gasteiger partial charge in [-0.1, -0.05) is 39.5 Å². The van der Waals surface area contributed by atoms with Gasteiger partial charge in [0.2, 0.25) is 11.8 Å². The first-order chi connectivity index (χ1) is 11.3. The third-order valence-corrected chi connectivity index (χ3v) is 5.60. The molecule has 4 nitrogen and oxygen atoms in total. The summed E-state index contributed by atoms with van der Waals surface area (Å²) in [6, 6.07) is 5.74. The maximum atomic E-state index is 13.3. The van der Waals surface area contributed by atoms with E-state index in [0.29, 0.717) is 6.42 Å². The van der Waals surface area contributed by atoms with E-state index in [9.17, 15) is 9.59 Å². The summed E-state index contributed by atoms with van der Waals surface area (Å²) in [7, 11) is 0. The molecule has 4 heteroatoms. The smallest absolute Gasteiger partial charge is 0.247 e. The van der Waals surface area contributed by atoms with E-state index in [-0.39, 0.29) is 22.6 Å². The van der Waals surface area contributed by atoms with E-state index in [2.05, 4.69) is 38.7 Å². The Morgan fingerprint density at radius 1 is 1.25 bits per heavy atom. The Balaban J connectivity index is 1.85. The number of nitrogens with zero attached hydrogens (tertiary/aromatic N) is 1. The number of rotatable bonds is 1. The van der Waals surface area contributed by atoms with Crippen molar-refractivity contribution in [2.75, 3.05) is 4.90 Å². The number of hydrogen-bond acceptors (Lipinski definition) is 2. The normalized spacial score (nSPS) is 25.0. The van der Waals surface area contributed by atoms with Crippen molar-refractivity contribution in [3.8, 4) is 0 Å². The summed E-state index contributed by atoms with van der Waals surface area (Å²) >= 11 is 0. The van der Waals surface area contributed by atoms with E-state index in [1.54, 1.807) is 4.90 Å². The van der Waals surface area contributed by atoms with E-state index in [1.165, 1.54) is 11.1 Å². The highest BCUT2D eigenvalue weighted by atomic mass is 16.2. The van der Waals surface area contributed by atoms with E-state index in [4.69, 9.17) is 0 Å². The molecule has 2 aliphatic heterocycles. The van der Waals surface area contributed by atoms with Gasteiger partial charge < -0.3 is 5.32 Å². The number of hydrogen-bond donors (Lipinski definition) is 1. The van der Waals surface area contributed by atoms with Crippen LogP contribution in [0.15, 0.2) is 30.5 Å². The van der Waals surface area contributed by atoms with Crippen molar-refractivity contribution in [1.82, 2.24) is 5.32 Å². The summed E-state index contributed by atoms with van der Waals surface area (Å²) in [5.74, 6) is 0.00581. The van der Waals surface area contributed by atoms with Gasteiger partial charge in [0.1, 0.15) is 6.04 Å². The molecular formula is C20H24N2O2. The molecule has 1 aromatic carbocycles. The van der Waals surface area contributed by atoms with Crippen molar-refractivity contribution >= 4 is 17.5 Å². The van der Waals surface area contributed by atoms with Crippen LogP contribution in [-0.4, -0.2) is 17.9 Å². The molecule has 0 aromatic heterocycles. The Labute approximate surface area is 142 Å². The summed E-state index contributed by atoms with van der Waals surface area (Å²) in [5.41, 5.74) is 3.67. The van der Waals surface area contributed by atoms with Crippen LogP contribution in [0.4, 0.5) is 5.69 Å². The highest BCUT2D eigenvalue weighted by Gasteiger charge is 2.62. The van der Waals surface area contributed by atoms with Gasteiger partial charge in [-0.25, -0.2) is 0 Å². The highest BCUT2D eigenvalue weighted by molar-refractivity contribution is 6.14. The zero-order valence-corrected chi connectivity index (χ0v) is 14.6. The average Bonchev–Trinajstić information content (AvgIpc) is 3.25. The van der Waals surface area contributed by atoms with Crippen molar-refractivity contribution in [2.45, 2.75) is 63.3 Å². The molecule has 1 N–H and O–H groups in total. The van der Waals surface area contributed by atoms with Crippen LogP contribution < -0.4 is 10.2 Å². The number of fused-ring (bicyclic) bond motifs is 2. The molecule has 126 valence electrons. The molecule has 1 atom stereocenters. The molecule has 24 heavy (non-hydrogen) atoms. The fourth-order valence-electron chi connectivity index (χ4n) is 4.22. The molecule has 0 radical (unpaired) electrons. The number of anilines is 1. The lowest BCUT2D eigenvalue weighted by Crippen LogP contribution is -2.52. The van der Waals surface area contributed by atoms with Gasteiger partial charge in [0, 0.05) is 11.4 Å². The predicted octanol–water partition coefficient (Wildman–Crippen LogP) is 3.15. The molecule has 1 saturated carbocycles. The number of carbonyl (C=O) groups is 2. The number of amides is 2. The summed E-state index contributed by atoms with van der Waals surface area (Å²) in [5, 5.41) is 2.82. The third kappa shape index (κ3) is 1.98. The Kier molecular flexibility index (Phi) is 3.03. The summed E-state index contributed by atoms with van der Waals surface area (Å²) in [6.07, 6.45) is 3.15. The SMILES string of the molecule is C=C1CCC(N2C(=O)C3(CC3)c3c2cccc3C(C)(C)C)C(=O)N1. The number of carbonyl (C=O) groups excluding carboxylic acids is 2. The standard InChI is InChI=1S/C20H24N2O2/c1-12-8-9-15(17(23)21-12)22-14-7-5-6-13(19(2,3)4)16(14)20(10-11-20)18(22)24/h5-7,15H,1,8-11H2,2-4H3,(H,21,23). The van der Waals surface area contributed by atoms with Crippen molar-refractivity contribution < 1.29 is 9.59 Å². The van der Waals surface area contributed by atoms with E-state index < -0.39 is 6.04 Å². The molecule has 1 aromatic rings. The fourth-order valence-corrected chi connectivity index (χ4v) is 4.22. The predicted molar refractivity (Wildman–Crippen MR) is 93.8 cm³/mol. The minimum Gasteiger partial charge on any atom is -0.329 e. The molecule has 1 unspecified atom stereocenters. The average molecular weight is 324 g/mol. The molecule has 3 aliphatic rings. The lowest BCUT2D eigenvalue weighted by atomic mass is 9.79. The van der Waals surface area contributed by atoms with Crippen molar-refractivity contribution in [1.29, 1.82) is 0 Å². The second kappa shape index (κ2) is 4.71. The molecule has 1 spiro atoms. The highest BCUT2D eigenvalue weighted by Crippen LogP contribution is 2.60. The van der Waals surface area contributed by atoms with E-state index in [1.807, 2.05) is 12.1 Å². The van der Waals surface area contributed by atoms with Gasteiger partial charge in [-0.15, -0.1) is 0 Å². The van der Waals surface area contributed by atoms with Gasteiger partial charge in [0.15, 0.2) is 0 Å².